The molecule has 1 atom stereocenters. The Hall–Kier alpha value is -2.96. The zero-order chi connectivity index (χ0) is 18.3. The van der Waals surface area contributed by atoms with E-state index in [1.807, 2.05) is 26.0 Å². The van der Waals surface area contributed by atoms with Crippen LogP contribution in [0.25, 0.3) is 11.4 Å². The van der Waals surface area contributed by atoms with Gasteiger partial charge in [-0.25, -0.2) is 0 Å². The van der Waals surface area contributed by atoms with Gasteiger partial charge in [-0.3, -0.25) is 4.79 Å². The van der Waals surface area contributed by atoms with E-state index >= 15 is 0 Å². The highest BCUT2D eigenvalue weighted by atomic mass is 16.5. The molecule has 7 heteroatoms. The minimum Gasteiger partial charge on any atom is -0.351 e. The van der Waals surface area contributed by atoms with Crippen molar-refractivity contribution in [3.05, 3.63) is 52.7 Å². The van der Waals surface area contributed by atoms with Gasteiger partial charge in [-0.2, -0.15) is 4.98 Å². The quantitative estimate of drug-likeness (QED) is 0.771. The molecule has 0 bridgehead atoms. The number of benzene rings is 1. The van der Waals surface area contributed by atoms with Crippen LogP contribution >= 0.6 is 0 Å². The van der Waals surface area contributed by atoms with Crippen LogP contribution in [-0.2, 0) is 6.42 Å². The molecule has 0 saturated carbocycles. The van der Waals surface area contributed by atoms with Crippen LogP contribution in [0.4, 0.5) is 0 Å². The van der Waals surface area contributed by atoms with Crippen molar-refractivity contribution in [1.82, 2.24) is 20.6 Å². The van der Waals surface area contributed by atoms with Crippen LogP contribution in [-0.4, -0.2) is 21.2 Å². The third kappa shape index (κ3) is 2.89. The molecule has 2 heterocycles. The summed E-state index contributed by atoms with van der Waals surface area (Å²) in [7, 11) is 0. The maximum absolute atomic E-state index is 12.4. The molecule has 0 radical (unpaired) electrons. The second kappa shape index (κ2) is 6.40. The Bertz CT molecular complexity index is 957. The van der Waals surface area contributed by atoms with Crippen LogP contribution in [0, 0.1) is 6.92 Å². The lowest BCUT2D eigenvalue weighted by molar-refractivity contribution is 0.0898. The fourth-order valence-electron chi connectivity index (χ4n) is 3.23. The van der Waals surface area contributed by atoms with Gasteiger partial charge in [-0.15, -0.1) is 0 Å². The van der Waals surface area contributed by atoms with Gasteiger partial charge < -0.3 is 14.4 Å². The molecule has 0 unspecified atom stereocenters. The highest BCUT2D eigenvalue weighted by molar-refractivity contribution is 5.93. The van der Waals surface area contributed by atoms with E-state index in [1.54, 1.807) is 13.1 Å². The van der Waals surface area contributed by atoms with Crippen molar-refractivity contribution >= 4 is 5.91 Å². The normalized spacial score (nSPS) is 16.1. The first-order valence-corrected chi connectivity index (χ1v) is 8.72. The van der Waals surface area contributed by atoms with E-state index in [9.17, 15) is 4.79 Å². The Kier molecular flexibility index (Phi) is 4.06. The number of carbonyl (C=O) groups excluding carboxylic acids is 1. The van der Waals surface area contributed by atoms with Crippen molar-refractivity contribution < 1.29 is 13.8 Å². The molecule has 1 aromatic carbocycles. The molecule has 26 heavy (non-hydrogen) atoms. The molecule has 3 aromatic rings. The van der Waals surface area contributed by atoms with E-state index in [0.29, 0.717) is 11.7 Å². The molecule has 0 fully saturated rings. The lowest BCUT2D eigenvalue weighted by Crippen LogP contribution is -2.27. The van der Waals surface area contributed by atoms with E-state index in [4.69, 9.17) is 9.05 Å². The Morgan fingerprint density at radius 1 is 1.31 bits per heavy atom. The van der Waals surface area contributed by atoms with Crippen molar-refractivity contribution in [3.8, 4) is 11.4 Å². The maximum atomic E-state index is 12.4. The molecule has 1 amide bonds. The number of aryl methyl sites for hydroxylation is 2. The molecule has 0 spiro atoms. The van der Waals surface area contributed by atoms with Crippen molar-refractivity contribution in [1.29, 1.82) is 0 Å². The van der Waals surface area contributed by atoms with Gasteiger partial charge in [0.1, 0.15) is 0 Å². The summed E-state index contributed by atoms with van der Waals surface area (Å²) in [5, 5.41) is 10.8. The maximum Gasteiger partial charge on any atom is 0.290 e. The number of nitrogens with one attached hydrogen (secondary N) is 1. The van der Waals surface area contributed by atoms with Gasteiger partial charge in [0.2, 0.25) is 17.5 Å². The predicted molar refractivity (Wildman–Crippen MR) is 93.6 cm³/mol. The average Bonchev–Trinajstić information content (AvgIpc) is 3.34. The smallest absolute Gasteiger partial charge is 0.290 e. The van der Waals surface area contributed by atoms with E-state index in [1.165, 1.54) is 5.56 Å². The third-order valence-corrected chi connectivity index (χ3v) is 4.67. The summed E-state index contributed by atoms with van der Waals surface area (Å²) in [6.45, 7) is 5.84. The second-order valence-corrected chi connectivity index (χ2v) is 6.93. The number of carbonyl (C=O) groups is 1. The van der Waals surface area contributed by atoms with Crippen LogP contribution in [0.3, 0.4) is 0 Å². The molecule has 1 aliphatic carbocycles. The van der Waals surface area contributed by atoms with E-state index in [0.717, 1.165) is 29.5 Å². The van der Waals surface area contributed by atoms with Gasteiger partial charge in [0.15, 0.2) is 0 Å². The van der Waals surface area contributed by atoms with Crippen molar-refractivity contribution in [2.45, 2.75) is 45.6 Å². The largest absolute Gasteiger partial charge is 0.351 e. The monoisotopic (exact) mass is 352 g/mol. The zero-order valence-electron chi connectivity index (χ0n) is 14.9. The summed E-state index contributed by atoms with van der Waals surface area (Å²) >= 11 is 0. The third-order valence-electron chi connectivity index (χ3n) is 4.67. The zero-order valence-corrected chi connectivity index (χ0v) is 14.9. The molecule has 4 rings (SSSR count). The van der Waals surface area contributed by atoms with Crippen LogP contribution < -0.4 is 5.32 Å². The minimum absolute atomic E-state index is 0.0347. The van der Waals surface area contributed by atoms with Gasteiger partial charge in [0, 0.05) is 17.0 Å². The van der Waals surface area contributed by atoms with Crippen LogP contribution in [0.2, 0.25) is 0 Å². The molecular formula is C19H20N4O3. The van der Waals surface area contributed by atoms with Crippen molar-refractivity contribution in [2.75, 3.05) is 0 Å². The Morgan fingerprint density at radius 3 is 2.85 bits per heavy atom. The van der Waals surface area contributed by atoms with Crippen LogP contribution in [0.5, 0.6) is 0 Å². The molecule has 134 valence electrons. The highest BCUT2D eigenvalue weighted by Gasteiger charge is 2.27. The lowest BCUT2D eigenvalue weighted by Gasteiger charge is -2.13. The average molecular weight is 352 g/mol. The molecule has 7 nitrogen and oxygen atoms in total. The number of hydrogen-bond donors (Lipinski definition) is 1. The highest BCUT2D eigenvalue weighted by Crippen LogP contribution is 2.34. The Balaban J connectivity index is 1.54. The summed E-state index contributed by atoms with van der Waals surface area (Å²) in [5.41, 5.74) is 3.97. The Labute approximate surface area is 150 Å². The molecule has 0 saturated heterocycles. The van der Waals surface area contributed by atoms with Crippen LogP contribution in [0.1, 0.15) is 65.4 Å². The number of aromatic nitrogens is 3. The molecule has 0 aliphatic heterocycles. The number of hydrogen-bond acceptors (Lipinski definition) is 6. The van der Waals surface area contributed by atoms with Crippen molar-refractivity contribution in [2.24, 2.45) is 0 Å². The number of rotatable bonds is 4. The van der Waals surface area contributed by atoms with Gasteiger partial charge >= 0.3 is 0 Å². The topological polar surface area (TPSA) is 94.1 Å². The van der Waals surface area contributed by atoms with E-state index < -0.39 is 0 Å². The van der Waals surface area contributed by atoms with Gasteiger partial charge in [0.25, 0.3) is 5.91 Å². The Morgan fingerprint density at radius 2 is 2.15 bits per heavy atom. The van der Waals surface area contributed by atoms with Gasteiger partial charge in [0.05, 0.1) is 12.2 Å². The number of fused-ring (bicyclic) bond motifs is 1. The van der Waals surface area contributed by atoms with E-state index in [2.05, 4.69) is 26.7 Å². The fraction of sp³-hybridized carbons (Fsp3) is 0.368. The van der Waals surface area contributed by atoms with E-state index in [-0.39, 0.29) is 23.6 Å². The molecular weight excluding hydrogens is 332 g/mol. The van der Waals surface area contributed by atoms with Gasteiger partial charge in [-0.1, -0.05) is 36.3 Å². The SMILES string of the molecule is Cc1cnoc1C(=O)N[C@@H]1CCc2cc(-c3noc(C(C)C)n3)ccc21. The number of amides is 1. The second-order valence-electron chi connectivity index (χ2n) is 6.93. The standard InChI is InChI=1S/C19H20N4O3/c1-10(2)19-22-17(23-26-19)13-4-6-14-12(8-13)5-7-15(14)21-18(24)16-11(3)9-20-25-16/h4,6,8-10,15H,5,7H2,1-3H3,(H,21,24)/t15-/m1/s1. The summed E-state index contributed by atoms with van der Waals surface area (Å²) in [4.78, 5) is 16.8. The predicted octanol–water partition coefficient (Wildman–Crippen LogP) is 3.57. The first kappa shape index (κ1) is 16.5. The summed E-state index contributed by atoms with van der Waals surface area (Å²) < 4.78 is 10.3. The first-order valence-electron chi connectivity index (χ1n) is 8.72. The number of nitrogens with zero attached hydrogens (tertiary/aromatic N) is 3. The van der Waals surface area contributed by atoms with Crippen molar-refractivity contribution in [3.63, 3.8) is 0 Å². The lowest BCUT2D eigenvalue weighted by atomic mass is 10.0. The van der Waals surface area contributed by atoms with Gasteiger partial charge in [-0.05, 0) is 37.0 Å². The summed E-state index contributed by atoms with van der Waals surface area (Å²) in [6, 6.07) is 6.04. The minimum atomic E-state index is -0.235. The summed E-state index contributed by atoms with van der Waals surface area (Å²) in [5.74, 6) is 1.46. The fourth-order valence-corrected chi connectivity index (χ4v) is 3.23. The molecule has 1 N–H and O–H groups in total. The summed E-state index contributed by atoms with van der Waals surface area (Å²) in [6.07, 6.45) is 3.28. The first-order chi connectivity index (χ1) is 12.5. The molecule has 1 aliphatic rings. The van der Waals surface area contributed by atoms with Crippen LogP contribution in [0.15, 0.2) is 33.4 Å². The molecule has 2 aromatic heterocycles.